The number of nitrogens with one attached hydrogen (secondary N) is 2. The van der Waals surface area contributed by atoms with E-state index in [1.54, 1.807) is 7.11 Å². The van der Waals surface area contributed by atoms with Crippen LogP contribution in [-0.2, 0) is 10.2 Å². The van der Waals surface area contributed by atoms with Gasteiger partial charge in [-0.15, -0.1) is 0 Å². The van der Waals surface area contributed by atoms with Gasteiger partial charge in [0.05, 0.1) is 12.8 Å². The number of rotatable bonds is 5. The number of carbonyl (C=O) groups excluding carboxylic acids is 1. The fraction of sp³-hybridized carbons (Fsp3) is 0.611. The fourth-order valence-electron chi connectivity index (χ4n) is 1.99. The number of methoxy groups -OCH3 is 1. The van der Waals surface area contributed by atoms with Crippen molar-refractivity contribution in [3.8, 4) is 5.75 Å². The molecule has 0 aromatic heterocycles. The first-order valence-electron chi connectivity index (χ1n) is 7.92. The van der Waals surface area contributed by atoms with E-state index in [4.69, 9.17) is 9.47 Å². The van der Waals surface area contributed by atoms with Crippen LogP contribution in [0.2, 0.25) is 0 Å². The number of anilines is 1. The first-order valence-corrected chi connectivity index (χ1v) is 7.92. The highest BCUT2D eigenvalue weighted by atomic mass is 16.6. The maximum atomic E-state index is 11.6. The Labute approximate surface area is 139 Å². The van der Waals surface area contributed by atoms with Crippen molar-refractivity contribution in [3.63, 3.8) is 0 Å². The van der Waals surface area contributed by atoms with Crippen LogP contribution in [0.25, 0.3) is 0 Å². The van der Waals surface area contributed by atoms with Gasteiger partial charge in [-0.1, -0.05) is 26.8 Å². The van der Waals surface area contributed by atoms with Crippen LogP contribution in [0.4, 0.5) is 10.5 Å². The van der Waals surface area contributed by atoms with Gasteiger partial charge in [0.2, 0.25) is 0 Å². The third-order valence-electron chi connectivity index (χ3n) is 3.17. The van der Waals surface area contributed by atoms with Crippen molar-refractivity contribution in [2.45, 2.75) is 52.6 Å². The van der Waals surface area contributed by atoms with Gasteiger partial charge in [0, 0.05) is 13.1 Å². The number of alkyl carbamates (subject to hydrolysis) is 1. The number of hydrogen-bond acceptors (Lipinski definition) is 4. The second-order valence-electron chi connectivity index (χ2n) is 7.52. The standard InChI is InChI=1S/C18H30N2O3/c1-17(2,3)13-8-9-15(22-7)14(12-13)19-10-11-20-16(21)23-18(4,5)6/h8-9,12,19H,10-11H2,1-7H3,(H,20,21). The molecule has 1 rings (SSSR count). The molecular weight excluding hydrogens is 292 g/mol. The molecule has 130 valence electrons. The summed E-state index contributed by atoms with van der Waals surface area (Å²) >= 11 is 0. The van der Waals surface area contributed by atoms with Gasteiger partial charge in [-0.25, -0.2) is 4.79 Å². The molecule has 0 radical (unpaired) electrons. The molecular formula is C18H30N2O3. The van der Waals surface area contributed by atoms with Crippen LogP contribution in [0.15, 0.2) is 18.2 Å². The van der Waals surface area contributed by atoms with Crippen LogP contribution in [-0.4, -0.2) is 31.9 Å². The third-order valence-corrected chi connectivity index (χ3v) is 3.17. The topological polar surface area (TPSA) is 59.6 Å². The minimum absolute atomic E-state index is 0.0669. The Kier molecular flexibility index (Phi) is 6.30. The van der Waals surface area contributed by atoms with Crippen molar-refractivity contribution in [1.29, 1.82) is 0 Å². The van der Waals surface area contributed by atoms with E-state index in [0.717, 1.165) is 11.4 Å². The Morgan fingerprint density at radius 1 is 1.09 bits per heavy atom. The van der Waals surface area contributed by atoms with E-state index >= 15 is 0 Å². The molecule has 23 heavy (non-hydrogen) atoms. The first kappa shape index (κ1) is 19.1. The zero-order valence-electron chi connectivity index (χ0n) is 15.4. The van der Waals surface area contributed by atoms with Gasteiger partial charge in [-0.3, -0.25) is 0 Å². The fourth-order valence-corrected chi connectivity index (χ4v) is 1.99. The van der Waals surface area contributed by atoms with E-state index in [9.17, 15) is 4.79 Å². The quantitative estimate of drug-likeness (QED) is 0.806. The molecule has 1 aromatic rings. The normalized spacial score (nSPS) is 11.8. The SMILES string of the molecule is COc1ccc(C(C)(C)C)cc1NCCNC(=O)OC(C)(C)C. The smallest absolute Gasteiger partial charge is 0.407 e. The molecule has 1 aromatic carbocycles. The summed E-state index contributed by atoms with van der Waals surface area (Å²) in [6.07, 6.45) is -0.408. The molecule has 0 aliphatic carbocycles. The molecule has 0 atom stereocenters. The lowest BCUT2D eigenvalue weighted by Crippen LogP contribution is -2.35. The maximum absolute atomic E-state index is 11.6. The summed E-state index contributed by atoms with van der Waals surface area (Å²) in [5, 5.41) is 6.03. The highest BCUT2D eigenvalue weighted by molar-refractivity contribution is 5.67. The lowest BCUT2D eigenvalue weighted by Gasteiger charge is -2.22. The van der Waals surface area contributed by atoms with E-state index in [0.29, 0.717) is 13.1 Å². The van der Waals surface area contributed by atoms with E-state index in [-0.39, 0.29) is 5.41 Å². The molecule has 0 bridgehead atoms. The van der Waals surface area contributed by atoms with Crippen LogP contribution >= 0.6 is 0 Å². The van der Waals surface area contributed by atoms with Crippen LogP contribution in [0.1, 0.15) is 47.1 Å². The Hall–Kier alpha value is -1.91. The van der Waals surface area contributed by atoms with Crippen molar-refractivity contribution in [2.24, 2.45) is 0 Å². The molecule has 0 heterocycles. The summed E-state index contributed by atoms with van der Waals surface area (Å²) in [5.41, 5.74) is 1.73. The van der Waals surface area contributed by atoms with Crippen LogP contribution in [0.3, 0.4) is 0 Å². The molecule has 5 heteroatoms. The van der Waals surface area contributed by atoms with Crippen LogP contribution < -0.4 is 15.4 Å². The molecule has 0 fully saturated rings. The predicted molar refractivity (Wildman–Crippen MR) is 94.4 cm³/mol. The summed E-state index contributed by atoms with van der Waals surface area (Å²) in [6, 6.07) is 6.12. The molecule has 2 N–H and O–H groups in total. The van der Waals surface area contributed by atoms with Gasteiger partial charge >= 0.3 is 6.09 Å². The highest BCUT2D eigenvalue weighted by Gasteiger charge is 2.17. The van der Waals surface area contributed by atoms with Gasteiger partial charge < -0.3 is 20.1 Å². The average Bonchev–Trinajstić information content (AvgIpc) is 2.40. The van der Waals surface area contributed by atoms with E-state index in [1.807, 2.05) is 26.8 Å². The van der Waals surface area contributed by atoms with Gasteiger partial charge in [0.1, 0.15) is 11.4 Å². The lowest BCUT2D eigenvalue weighted by atomic mass is 9.87. The third kappa shape index (κ3) is 6.80. The molecule has 1 amide bonds. The van der Waals surface area contributed by atoms with Crippen molar-refractivity contribution in [2.75, 3.05) is 25.5 Å². The molecule has 0 aliphatic rings. The van der Waals surface area contributed by atoms with Crippen molar-refractivity contribution in [1.82, 2.24) is 5.32 Å². The zero-order chi connectivity index (χ0) is 17.7. The number of ether oxygens (including phenoxy) is 2. The second-order valence-corrected chi connectivity index (χ2v) is 7.52. The van der Waals surface area contributed by atoms with Crippen molar-refractivity contribution < 1.29 is 14.3 Å². The zero-order valence-corrected chi connectivity index (χ0v) is 15.4. The molecule has 0 unspecified atom stereocenters. The number of amides is 1. The molecule has 0 saturated carbocycles. The van der Waals surface area contributed by atoms with Crippen molar-refractivity contribution in [3.05, 3.63) is 23.8 Å². The van der Waals surface area contributed by atoms with Gasteiger partial charge in [0.15, 0.2) is 0 Å². The van der Waals surface area contributed by atoms with Crippen molar-refractivity contribution >= 4 is 11.8 Å². The Balaban J connectivity index is 2.58. The Morgan fingerprint density at radius 2 is 1.74 bits per heavy atom. The summed E-state index contributed by atoms with van der Waals surface area (Å²) in [5.74, 6) is 0.787. The maximum Gasteiger partial charge on any atom is 0.407 e. The number of benzene rings is 1. The number of carbonyl (C=O) groups is 1. The molecule has 5 nitrogen and oxygen atoms in total. The summed E-state index contributed by atoms with van der Waals surface area (Å²) in [6.45, 7) is 13.1. The van der Waals surface area contributed by atoms with E-state index < -0.39 is 11.7 Å². The molecule has 0 saturated heterocycles. The Bertz CT molecular complexity index is 528. The van der Waals surface area contributed by atoms with Gasteiger partial charge in [0.25, 0.3) is 0 Å². The second kappa shape index (κ2) is 7.57. The van der Waals surface area contributed by atoms with E-state index in [2.05, 4.69) is 43.5 Å². The summed E-state index contributed by atoms with van der Waals surface area (Å²) in [7, 11) is 1.65. The minimum atomic E-state index is -0.484. The van der Waals surface area contributed by atoms with Gasteiger partial charge in [-0.05, 0) is 43.9 Å². The lowest BCUT2D eigenvalue weighted by molar-refractivity contribution is 0.0530. The Morgan fingerprint density at radius 3 is 2.26 bits per heavy atom. The average molecular weight is 322 g/mol. The minimum Gasteiger partial charge on any atom is -0.495 e. The predicted octanol–water partition coefficient (Wildman–Crippen LogP) is 3.93. The molecule has 0 aliphatic heterocycles. The van der Waals surface area contributed by atoms with Gasteiger partial charge in [-0.2, -0.15) is 0 Å². The summed E-state index contributed by atoms with van der Waals surface area (Å²) in [4.78, 5) is 11.6. The summed E-state index contributed by atoms with van der Waals surface area (Å²) < 4.78 is 10.6. The molecule has 0 spiro atoms. The van der Waals surface area contributed by atoms with Crippen LogP contribution in [0.5, 0.6) is 5.75 Å². The highest BCUT2D eigenvalue weighted by Crippen LogP contribution is 2.31. The first-order chi connectivity index (χ1) is 10.5. The largest absolute Gasteiger partial charge is 0.495 e. The monoisotopic (exact) mass is 322 g/mol. The number of hydrogen-bond donors (Lipinski definition) is 2. The van der Waals surface area contributed by atoms with E-state index in [1.165, 1.54) is 5.56 Å². The van der Waals surface area contributed by atoms with Crippen LogP contribution in [0, 0.1) is 0 Å².